The quantitative estimate of drug-likeness (QED) is 0.449. The van der Waals surface area contributed by atoms with Crippen molar-refractivity contribution in [2.45, 2.75) is 26.4 Å². The number of furan rings is 1. The maximum absolute atomic E-state index is 11.4. The van der Waals surface area contributed by atoms with Crippen LogP contribution in [0.5, 0.6) is 0 Å². The van der Waals surface area contributed by atoms with E-state index in [0.717, 1.165) is 13.0 Å². The maximum Gasteiger partial charge on any atom is 0.331 e. The molecule has 17 heavy (non-hydrogen) atoms. The molecule has 0 fully saturated rings. The molecule has 0 radical (unpaired) electrons. The van der Waals surface area contributed by atoms with Gasteiger partial charge in [-0.3, -0.25) is 0 Å². The molecule has 0 aliphatic heterocycles. The van der Waals surface area contributed by atoms with Gasteiger partial charge in [0.1, 0.15) is 11.9 Å². The monoisotopic (exact) mass is 237 g/mol. The summed E-state index contributed by atoms with van der Waals surface area (Å²) in [6.07, 6.45) is 5.46. The van der Waals surface area contributed by atoms with E-state index in [1.54, 1.807) is 24.5 Å². The molecule has 0 spiro atoms. The average molecular weight is 237 g/mol. The third-order valence-electron chi connectivity index (χ3n) is 2.10. The normalized spacial score (nSPS) is 12.8. The van der Waals surface area contributed by atoms with Crippen LogP contribution < -0.4 is 5.32 Å². The highest BCUT2D eigenvalue weighted by Crippen LogP contribution is 2.02. The van der Waals surface area contributed by atoms with Crippen molar-refractivity contribution in [3.05, 3.63) is 30.2 Å². The van der Waals surface area contributed by atoms with E-state index in [-0.39, 0.29) is 12.1 Å². The highest BCUT2D eigenvalue weighted by Gasteiger charge is 2.05. The van der Waals surface area contributed by atoms with Gasteiger partial charge in [-0.15, -0.1) is 0 Å². The summed E-state index contributed by atoms with van der Waals surface area (Å²) in [7, 11) is 0. The zero-order valence-corrected chi connectivity index (χ0v) is 10.3. The highest BCUT2D eigenvalue weighted by molar-refractivity contribution is 5.86. The topological polar surface area (TPSA) is 51.5 Å². The number of ether oxygens (including phenoxy) is 1. The van der Waals surface area contributed by atoms with Gasteiger partial charge in [-0.2, -0.15) is 0 Å². The van der Waals surface area contributed by atoms with Crippen LogP contribution in [-0.4, -0.2) is 25.2 Å². The van der Waals surface area contributed by atoms with Gasteiger partial charge in [0, 0.05) is 12.6 Å². The molecule has 1 N–H and O–H groups in total. The molecule has 0 aromatic carbocycles. The second-order valence-electron chi connectivity index (χ2n) is 3.80. The fourth-order valence-corrected chi connectivity index (χ4v) is 1.30. The molecule has 1 rings (SSSR count). The van der Waals surface area contributed by atoms with Gasteiger partial charge in [-0.05, 0) is 38.1 Å². The summed E-state index contributed by atoms with van der Waals surface area (Å²) in [5, 5.41) is 3.19. The van der Waals surface area contributed by atoms with Crippen LogP contribution in [0, 0.1) is 0 Å². The summed E-state index contributed by atoms with van der Waals surface area (Å²) in [4.78, 5) is 11.4. The van der Waals surface area contributed by atoms with Gasteiger partial charge < -0.3 is 14.5 Å². The van der Waals surface area contributed by atoms with Gasteiger partial charge in [-0.1, -0.05) is 6.92 Å². The first-order chi connectivity index (χ1) is 8.22. The van der Waals surface area contributed by atoms with Crippen LogP contribution in [0.3, 0.4) is 0 Å². The summed E-state index contributed by atoms with van der Waals surface area (Å²) < 4.78 is 10.2. The Morgan fingerprint density at radius 1 is 1.65 bits per heavy atom. The van der Waals surface area contributed by atoms with E-state index in [9.17, 15) is 4.79 Å². The summed E-state index contributed by atoms with van der Waals surface area (Å²) >= 11 is 0. The van der Waals surface area contributed by atoms with Gasteiger partial charge in [0.15, 0.2) is 0 Å². The van der Waals surface area contributed by atoms with Crippen LogP contribution >= 0.6 is 0 Å². The van der Waals surface area contributed by atoms with Crippen molar-refractivity contribution in [3.8, 4) is 0 Å². The van der Waals surface area contributed by atoms with E-state index >= 15 is 0 Å². The number of hydrogen-bond acceptors (Lipinski definition) is 4. The molecule has 0 bridgehead atoms. The Balaban J connectivity index is 2.24. The zero-order chi connectivity index (χ0) is 12.5. The largest absolute Gasteiger partial charge is 0.465 e. The van der Waals surface area contributed by atoms with Crippen molar-refractivity contribution >= 4 is 12.0 Å². The summed E-state index contributed by atoms with van der Waals surface area (Å²) in [6, 6.07) is 3.54. The van der Waals surface area contributed by atoms with Gasteiger partial charge in [0.25, 0.3) is 0 Å². The van der Waals surface area contributed by atoms with Crippen molar-refractivity contribution in [1.29, 1.82) is 0 Å². The number of carbonyl (C=O) groups excluding carboxylic acids is 1. The van der Waals surface area contributed by atoms with Crippen molar-refractivity contribution < 1.29 is 13.9 Å². The average Bonchev–Trinajstić information content (AvgIpc) is 2.79. The van der Waals surface area contributed by atoms with Gasteiger partial charge >= 0.3 is 5.97 Å². The number of nitrogens with one attached hydrogen (secondary N) is 1. The van der Waals surface area contributed by atoms with E-state index in [1.165, 1.54) is 6.08 Å². The van der Waals surface area contributed by atoms with E-state index in [4.69, 9.17) is 9.15 Å². The lowest BCUT2D eigenvalue weighted by molar-refractivity contribution is -0.141. The second-order valence-corrected chi connectivity index (χ2v) is 3.80. The van der Waals surface area contributed by atoms with Crippen molar-refractivity contribution in [2.75, 3.05) is 13.1 Å². The second kappa shape index (κ2) is 7.68. The van der Waals surface area contributed by atoms with E-state index in [0.29, 0.717) is 12.3 Å². The standard InChI is InChI=1S/C13H19NO3/c1-3-8-14-10-11(2)17-13(15)7-6-12-5-4-9-16-12/h4-7,9,11,14H,3,8,10H2,1-2H3/b7-6+. The first-order valence-electron chi connectivity index (χ1n) is 5.85. The Bertz CT molecular complexity index is 344. The summed E-state index contributed by atoms with van der Waals surface area (Å²) in [5.41, 5.74) is 0. The van der Waals surface area contributed by atoms with E-state index < -0.39 is 0 Å². The van der Waals surface area contributed by atoms with E-state index in [2.05, 4.69) is 12.2 Å². The van der Waals surface area contributed by atoms with Gasteiger partial charge in [0.05, 0.1) is 6.26 Å². The minimum Gasteiger partial charge on any atom is -0.465 e. The van der Waals surface area contributed by atoms with Crippen LogP contribution in [0.25, 0.3) is 6.08 Å². The van der Waals surface area contributed by atoms with Crippen LogP contribution in [0.15, 0.2) is 28.9 Å². The molecule has 0 amide bonds. The lowest BCUT2D eigenvalue weighted by Crippen LogP contribution is -2.28. The highest BCUT2D eigenvalue weighted by atomic mass is 16.5. The number of rotatable bonds is 7. The first kappa shape index (κ1) is 13.5. The molecule has 4 heteroatoms. The Kier molecular flexibility index (Phi) is 6.10. The molecule has 0 saturated carbocycles. The Morgan fingerprint density at radius 2 is 2.47 bits per heavy atom. The fourth-order valence-electron chi connectivity index (χ4n) is 1.30. The lowest BCUT2D eigenvalue weighted by atomic mass is 10.3. The van der Waals surface area contributed by atoms with Gasteiger partial charge in [0.2, 0.25) is 0 Å². The molecule has 0 aliphatic rings. The Morgan fingerprint density at radius 3 is 3.12 bits per heavy atom. The van der Waals surface area contributed by atoms with Crippen molar-refractivity contribution in [1.82, 2.24) is 5.32 Å². The van der Waals surface area contributed by atoms with Crippen LogP contribution in [-0.2, 0) is 9.53 Å². The first-order valence-corrected chi connectivity index (χ1v) is 5.85. The van der Waals surface area contributed by atoms with E-state index in [1.807, 2.05) is 6.92 Å². The molecular weight excluding hydrogens is 218 g/mol. The molecule has 0 aliphatic carbocycles. The fraction of sp³-hybridized carbons (Fsp3) is 0.462. The minimum absolute atomic E-state index is 0.129. The number of carbonyl (C=O) groups is 1. The Labute approximate surface area is 102 Å². The number of hydrogen-bond donors (Lipinski definition) is 1. The van der Waals surface area contributed by atoms with Crippen molar-refractivity contribution in [2.24, 2.45) is 0 Å². The summed E-state index contributed by atoms with van der Waals surface area (Å²) in [6.45, 7) is 5.56. The summed E-state index contributed by atoms with van der Waals surface area (Å²) in [5.74, 6) is 0.283. The van der Waals surface area contributed by atoms with Crippen LogP contribution in [0.4, 0.5) is 0 Å². The molecule has 1 heterocycles. The van der Waals surface area contributed by atoms with Crippen LogP contribution in [0.2, 0.25) is 0 Å². The molecule has 0 saturated heterocycles. The Hall–Kier alpha value is -1.55. The third-order valence-corrected chi connectivity index (χ3v) is 2.10. The van der Waals surface area contributed by atoms with Crippen molar-refractivity contribution in [3.63, 3.8) is 0 Å². The lowest BCUT2D eigenvalue weighted by Gasteiger charge is -2.12. The maximum atomic E-state index is 11.4. The molecule has 94 valence electrons. The molecule has 1 aromatic rings. The number of esters is 1. The minimum atomic E-state index is -0.354. The SMILES string of the molecule is CCCNCC(C)OC(=O)/C=C/c1ccco1. The predicted molar refractivity (Wildman–Crippen MR) is 66.5 cm³/mol. The molecule has 1 aromatic heterocycles. The molecule has 1 atom stereocenters. The third kappa shape index (κ3) is 5.92. The zero-order valence-electron chi connectivity index (χ0n) is 10.3. The van der Waals surface area contributed by atoms with Crippen LogP contribution in [0.1, 0.15) is 26.0 Å². The predicted octanol–water partition coefficient (Wildman–Crippen LogP) is 2.22. The molecular formula is C13H19NO3. The molecule has 1 unspecified atom stereocenters. The van der Waals surface area contributed by atoms with Gasteiger partial charge in [-0.25, -0.2) is 4.79 Å². The molecule has 4 nitrogen and oxygen atoms in total. The smallest absolute Gasteiger partial charge is 0.331 e.